The van der Waals surface area contributed by atoms with Crippen molar-refractivity contribution >= 4 is 16.9 Å². The SMILES string of the molecule is CCc1cc(=O)oc2cc(OCC(=O)N3CCC4(CCCO4)CC3)ccc12. The molecule has 0 saturated carbocycles. The van der Waals surface area contributed by atoms with E-state index in [-0.39, 0.29) is 23.7 Å². The fourth-order valence-corrected chi connectivity index (χ4v) is 4.14. The van der Waals surface area contributed by atoms with Gasteiger partial charge >= 0.3 is 5.63 Å². The van der Waals surface area contributed by atoms with Gasteiger partial charge in [0.25, 0.3) is 5.91 Å². The van der Waals surface area contributed by atoms with Gasteiger partial charge in [0.05, 0.1) is 5.60 Å². The van der Waals surface area contributed by atoms with E-state index in [9.17, 15) is 9.59 Å². The Hall–Kier alpha value is -2.34. The third-order valence-electron chi connectivity index (χ3n) is 5.76. The number of ether oxygens (including phenoxy) is 2. The van der Waals surface area contributed by atoms with Crippen LogP contribution < -0.4 is 10.4 Å². The second kappa shape index (κ2) is 7.35. The Balaban J connectivity index is 1.38. The Morgan fingerprint density at radius 3 is 2.74 bits per heavy atom. The Morgan fingerprint density at radius 1 is 1.22 bits per heavy atom. The number of piperidine rings is 1. The Morgan fingerprint density at radius 2 is 2.04 bits per heavy atom. The first kappa shape index (κ1) is 18.0. The highest BCUT2D eigenvalue weighted by atomic mass is 16.5. The zero-order valence-electron chi connectivity index (χ0n) is 15.7. The van der Waals surface area contributed by atoms with Crippen LogP contribution in [0.15, 0.2) is 33.5 Å². The highest BCUT2D eigenvalue weighted by molar-refractivity contribution is 5.82. The van der Waals surface area contributed by atoms with Gasteiger partial charge in [0.15, 0.2) is 6.61 Å². The number of carbonyl (C=O) groups is 1. The molecule has 2 aliphatic rings. The smallest absolute Gasteiger partial charge is 0.336 e. The molecule has 1 aromatic carbocycles. The van der Waals surface area contributed by atoms with Crippen molar-refractivity contribution in [3.05, 3.63) is 40.2 Å². The highest BCUT2D eigenvalue weighted by Gasteiger charge is 2.39. The molecule has 2 fully saturated rings. The van der Waals surface area contributed by atoms with Gasteiger partial charge in [-0.2, -0.15) is 0 Å². The van der Waals surface area contributed by atoms with Crippen LogP contribution in [-0.2, 0) is 16.0 Å². The maximum atomic E-state index is 12.5. The minimum absolute atomic E-state index is 0.00447. The summed E-state index contributed by atoms with van der Waals surface area (Å²) in [6.45, 7) is 4.26. The van der Waals surface area contributed by atoms with Crippen LogP contribution in [0.4, 0.5) is 0 Å². The minimum atomic E-state index is -0.371. The summed E-state index contributed by atoms with van der Waals surface area (Å²) in [4.78, 5) is 26.0. The molecule has 0 atom stereocenters. The summed E-state index contributed by atoms with van der Waals surface area (Å²) in [7, 11) is 0. The molecule has 2 aliphatic heterocycles. The van der Waals surface area contributed by atoms with Crippen LogP contribution in [0.2, 0.25) is 0 Å². The molecule has 3 heterocycles. The predicted molar refractivity (Wildman–Crippen MR) is 101 cm³/mol. The van der Waals surface area contributed by atoms with Crippen LogP contribution >= 0.6 is 0 Å². The quantitative estimate of drug-likeness (QED) is 0.773. The summed E-state index contributed by atoms with van der Waals surface area (Å²) in [6, 6.07) is 6.88. The molecule has 0 unspecified atom stereocenters. The molecular weight excluding hydrogens is 346 g/mol. The maximum absolute atomic E-state index is 12.5. The van der Waals surface area contributed by atoms with Gasteiger partial charge < -0.3 is 18.8 Å². The number of aryl methyl sites for hydroxylation is 1. The lowest BCUT2D eigenvalue weighted by atomic mass is 9.89. The van der Waals surface area contributed by atoms with E-state index in [1.807, 2.05) is 24.0 Å². The molecule has 0 N–H and O–H groups in total. The van der Waals surface area contributed by atoms with Crippen molar-refractivity contribution in [1.29, 1.82) is 0 Å². The van der Waals surface area contributed by atoms with E-state index in [4.69, 9.17) is 13.9 Å². The van der Waals surface area contributed by atoms with Crippen LogP contribution in [0.25, 0.3) is 11.0 Å². The molecule has 6 nitrogen and oxygen atoms in total. The summed E-state index contributed by atoms with van der Waals surface area (Å²) >= 11 is 0. The standard InChI is InChI=1S/C21H25NO5/c1-2-15-12-20(24)27-18-13-16(4-5-17(15)18)25-14-19(23)22-9-7-21(8-10-22)6-3-11-26-21/h4-5,12-13H,2-3,6-11,14H2,1H3. The average Bonchev–Trinajstić information content (AvgIpc) is 3.13. The van der Waals surface area contributed by atoms with E-state index >= 15 is 0 Å². The van der Waals surface area contributed by atoms with E-state index in [1.54, 1.807) is 6.07 Å². The third kappa shape index (κ3) is 3.72. The van der Waals surface area contributed by atoms with Crippen LogP contribution in [0.3, 0.4) is 0 Å². The van der Waals surface area contributed by atoms with E-state index in [2.05, 4.69) is 0 Å². The van der Waals surface area contributed by atoms with Gasteiger partial charge in [-0.1, -0.05) is 6.92 Å². The van der Waals surface area contributed by atoms with Crippen molar-refractivity contribution < 1.29 is 18.7 Å². The highest BCUT2D eigenvalue weighted by Crippen LogP contribution is 2.35. The molecule has 0 bridgehead atoms. The molecule has 144 valence electrons. The second-order valence-corrected chi connectivity index (χ2v) is 7.41. The average molecular weight is 371 g/mol. The third-order valence-corrected chi connectivity index (χ3v) is 5.76. The Kier molecular flexibility index (Phi) is 4.91. The number of fused-ring (bicyclic) bond motifs is 1. The van der Waals surface area contributed by atoms with Gasteiger partial charge in [0, 0.05) is 37.2 Å². The number of nitrogens with zero attached hydrogens (tertiary/aromatic N) is 1. The summed E-state index contributed by atoms with van der Waals surface area (Å²) in [6.07, 6.45) is 4.78. The maximum Gasteiger partial charge on any atom is 0.336 e. The predicted octanol–water partition coefficient (Wildman–Crippen LogP) is 2.91. The van der Waals surface area contributed by atoms with E-state index in [0.29, 0.717) is 24.4 Å². The largest absolute Gasteiger partial charge is 0.484 e. The monoisotopic (exact) mass is 371 g/mol. The molecule has 1 aromatic heterocycles. The first-order chi connectivity index (χ1) is 13.1. The van der Waals surface area contributed by atoms with Crippen molar-refractivity contribution in [3.8, 4) is 5.75 Å². The summed E-state index contributed by atoms with van der Waals surface area (Å²) < 4.78 is 16.9. The van der Waals surface area contributed by atoms with Gasteiger partial charge in [-0.25, -0.2) is 4.79 Å². The second-order valence-electron chi connectivity index (χ2n) is 7.41. The molecule has 0 aliphatic carbocycles. The molecule has 27 heavy (non-hydrogen) atoms. The van der Waals surface area contributed by atoms with Gasteiger partial charge in [0.2, 0.25) is 0 Å². The van der Waals surface area contributed by atoms with Crippen molar-refractivity contribution in [2.24, 2.45) is 0 Å². The molecule has 1 spiro atoms. The van der Waals surface area contributed by atoms with Crippen LogP contribution in [0.1, 0.15) is 38.2 Å². The number of likely N-dealkylation sites (tertiary alicyclic amines) is 1. The number of amides is 1. The van der Waals surface area contributed by atoms with Crippen LogP contribution in [0.5, 0.6) is 5.75 Å². The number of carbonyl (C=O) groups excluding carboxylic acids is 1. The van der Waals surface area contributed by atoms with Crippen molar-refractivity contribution in [2.75, 3.05) is 26.3 Å². The topological polar surface area (TPSA) is 69.0 Å². The molecule has 2 aromatic rings. The summed E-state index contributed by atoms with van der Waals surface area (Å²) in [5.41, 5.74) is 1.07. The van der Waals surface area contributed by atoms with E-state index in [0.717, 1.165) is 49.7 Å². The zero-order chi connectivity index (χ0) is 18.9. The summed E-state index contributed by atoms with van der Waals surface area (Å²) in [5, 5.41) is 0.897. The lowest BCUT2D eigenvalue weighted by molar-refractivity contribution is -0.138. The van der Waals surface area contributed by atoms with Gasteiger partial charge in [-0.3, -0.25) is 4.79 Å². The lowest BCUT2D eigenvalue weighted by Crippen LogP contribution is -2.47. The minimum Gasteiger partial charge on any atom is -0.484 e. The normalized spacial score (nSPS) is 18.9. The fourth-order valence-electron chi connectivity index (χ4n) is 4.14. The molecule has 4 rings (SSSR count). The van der Waals surface area contributed by atoms with E-state index < -0.39 is 0 Å². The molecule has 1 amide bonds. The number of rotatable bonds is 4. The van der Waals surface area contributed by atoms with Gasteiger partial charge in [-0.05, 0) is 49.8 Å². The summed E-state index contributed by atoms with van der Waals surface area (Å²) in [5.74, 6) is 0.506. The fraction of sp³-hybridized carbons (Fsp3) is 0.524. The first-order valence-electron chi connectivity index (χ1n) is 9.70. The van der Waals surface area contributed by atoms with Crippen molar-refractivity contribution in [2.45, 2.75) is 44.6 Å². The molecule has 2 saturated heterocycles. The zero-order valence-corrected chi connectivity index (χ0v) is 15.7. The van der Waals surface area contributed by atoms with Crippen LogP contribution in [0, 0.1) is 0 Å². The van der Waals surface area contributed by atoms with Crippen LogP contribution in [-0.4, -0.2) is 42.7 Å². The number of hydrogen-bond donors (Lipinski definition) is 0. The first-order valence-corrected chi connectivity index (χ1v) is 9.70. The van der Waals surface area contributed by atoms with Gasteiger partial charge in [0.1, 0.15) is 11.3 Å². The molecule has 0 radical (unpaired) electrons. The number of hydrogen-bond acceptors (Lipinski definition) is 5. The lowest BCUT2D eigenvalue weighted by Gasteiger charge is -2.38. The van der Waals surface area contributed by atoms with Crippen molar-refractivity contribution in [3.63, 3.8) is 0 Å². The van der Waals surface area contributed by atoms with E-state index in [1.165, 1.54) is 6.07 Å². The molecular formula is C21H25NO5. The van der Waals surface area contributed by atoms with Crippen molar-refractivity contribution in [1.82, 2.24) is 4.90 Å². The van der Waals surface area contributed by atoms with Gasteiger partial charge in [-0.15, -0.1) is 0 Å². The Labute approximate surface area is 158 Å². The number of benzene rings is 1. The molecule has 6 heteroatoms. The Bertz CT molecular complexity index is 887.